The maximum atomic E-state index is 12.9. The van der Waals surface area contributed by atoms with Crippen molar-refractivity contribution >= 4 is 5.91 Å². The third-order valence-corrected chi connectivity index (χ3v) is 2.15. The Morgan fingerprint density at radius 3 is 2.41 bits per heavy atom. The summed E-state index contributed by atoms with van der Waals surface area (Å²) >= 11 is 0. The Morgan fingerprint density at radius 2 is 1.94 bits per heavy atom. The molecule has 0 fully saturated rings. The molecule has 3 nitrogen and oxygen atoms in total. The van der Waals surface area contributed by atoms with Crippen molar-refractivity contribution in [3.8, 4) is 6.07 Å². The van der Waals surface area contributed by atoms with Crippen LogP contribution in [-0.4, -0.2) is 23.9 Å². The van der Waals surface area contributed by atoms with Crippen LogP contribution in [0.25, 0.3) is 0 Å². The van der Waals surface area contributed by atoms with Crippen LogP contribution in [0.5, 0.6) is 0 Å². The summed E-state index contributed by atoms with van der Waals surface area (Å²) in [6.45, 7) is 2.14. The van der Waals surface area contributed by atoms with E-state index in [0.717, 1.165) is 12.1 Å². The van der Waals surface area contributed by atoms with Gasteiger partial charge in [0, 0.05) is 18.2 Å². The van der Waals surface area contributed by atoms with Crippen LogP contribution in [0.15, 0.2) is 18.2 Å². The van der Waals surface area contributed by atoms with E-state index in [2.05, 4.69) is 0 Å². The van der Waals surface area contributed by atoms with Crippen LogP contribution in [0.2, 0.25) is 0 Å². The summed E-state index contributed by atoms with van der Waals surface area (Å²) in [6, 6.07) is 4.48. The summed E-state index contributed by atoms with van der Waals surface area (Å²) in [7, 11) is 0. The molecule has 5 heteroatoms. The number of rotatable bonds is 4. The Kier molecular flexibility index (Phi) is 4.58. The van der Waals surface area contributed by atoms with Crippen LogP contribution < -0.4 is 0 Å². The Hall–Kier alpha value is -1.96. The minimum absolute atomic E-state index is 0.0776. The molecule has 0 atom stereocenters. The normalized spacial score (nSPS) is 9.76. The van der Waals surface area contributed by atoms with Gasteiger partial charge in [-0.1, -0.05) is 6.92 Å². The lowest BCUT2D eigenvalue weighted by atomic mass is 10.2. The molecule has 0 aliphatic heterocycles. The molecule has 0 bridgehead atoms. The number of halogens is 2. The predicted molar refractivity (Wildman–Crippen MR) is 58.2 cm³/mol. The number of nitrogens with zero attached hydrogens (tertiary/aromatic N) is 2. The Bertz CT molecular complexity index is 434. The van der Waals surface area contributed by atoms with Crippen LogP contribution in [-0.2, 0) is 0 Å². The van der Waals surface area contributed by atoms with Crippen molar-refractivity contribution in [3.05, 3.63) is 35.4 Å². The molecule has 0 N–H and O–H groups in total. The van der Waals surface area contributed by atoms with Gasteiger partial charge in [-0.3, -0.25) is 4.79 Å². The second-order valence-corrected chi connectivity index (χ2v) is 3.54. The number of hydrogen-bond acceptors (Lipinski definition) is 2. The zero-order valence-electron chi connectivity index (χ0n) is 9.41. The molecular formula is C12H12F2N2O. The van der Waals surface area contributed by atoms with E-state index in [1.54, 1.807) is 0 Å². The zero-order valence-corrected chi connectivity index (χ0v) is 9.41. The van der Waals surface area contributed by atoms with E-state index < -0.39 is 17.5 Å². The molecular weight excluding hydrogens is 226 g/mol. The maximum Gasteiger partial charge on any atom is 0.254 e. The van der Waals surface area contributed by atoms with Crippen LogP contribution >= 0.6 is 0 Å². The second kappa shape index (κ2) is 5.94. The lowest BCUT2D eigenvalue weighted by Crippen LogP contribution is -2.32. The summed E-state index contributed by atoms with van der Waals surface area (Å²) in [4.78, 5) is 13.1. The van der Waals surface area contributed by atoms with Crippen LogP contribution in [0, 0.1) is 23.0 Å². The largest absolute Gasteiger partial charge is 0.325 e. The van der Waals surface area contributed by atoms with Gasteiger partial charge in [0.05, 0.1) is 6.07 Å². The van der Waals surface area contributed by atoms with Crippen LogP contribution in [0.1, 0.15) is 23.7 Å². The van der Waals surface area contributed by atoms with Crippen molar-refractivity contribution in [2.24, 2.45) is 0 Å². The predicted octanol–water partition coefficient (Wildman–Crippen LogP) is 2.34. The smallest absolute Gasteiger partial charge is 0.254 e. The minimum atomic E-state index is -0.804. The molecule has 0 aromatic heterocycles. The molecule has 1 rings (SSSR count). The minimum Gasteiger partial charge on any atom is -0.325 e. The van der Waals surface area contributed by atoms with Gasteiger partial charge in [0.15, 0.2) is 0 Å². The van der Waals surface area contributed by atoms with Crippen LogP contribution in [0.4, 0.5) is 8.78 Å². The standard InChI is InChI=1S/C12H12F2N2O/c1-2-4-16(5-3-15)12(17)9-6-10(13)8-11(14)7-9/h6-8H,2,4-5H2,1H3. The lowest BCUT2D eigenvalue weighted by molar-refractivity contribution is 0.0775. The van der Waals surface area contributed by atoms with Crippen molar-refractivity contribution in [2.75, 3.05) is 13.1 Å². The lowest BCUT2D eigenvalue weighted by Gasteiger charge is -2.18. The van der Waals surface area contributed by atoms with E-state index in [0.29, 0.717) is 19.0 Å². The number of benzene rings is 1. The monoisotopic (exact) mass is 238 g/mol. The van der Waals surface area contributed by atoms with E-state index in [-0.39, 0.29) is 12.1 Å². The van der Waals surface area contributed by atoms with E-state index in [4.69, 9.17) is 5.26 Å². The fraction of sp³-hybridized carbons (Fsp3) is 0.333. The first-order chi connectivity index (χ1) is 8.08. The number of carbonyl (C=O) groups is 1. The molecule has 90 valence electrons. The fourth-order valence-electron chi connectivity index (χ4n) is 1.47. The molecule has 0 heterocycles. The van der Waals surface area contributed by atoms with Gasteiger partial charge in [0.2, 0.25) is 0 Å². The highest BCUT2D eigenvalue weighted by molar-refractivity contribution is 5.94. The van der Waals surface area contributed by atoms with Crippen molar-refractivity contribution in [3.63, 3.8) is 0 Å². The first kappa shape index (κ1) is 13.1. The molecule has 0 spiro atoms. The van der Waals surface area contributed by atoms with Crippen molar-refractivity contribution in [1.29, 1.82) is 5.26 Å². The van der Waals surface area contributed by atoms with Gasteiger partial charge >= 0.3 is 0 Å². The number of amides is 1. The third-order valence-electron chi connectivity index (χ3n) is 2.15. The zero-order chi connectivity index (χ0) is 12.8. The topological polar surface area (TPSA) is 44.1 Å². The average Bonchev–Trinajstić information content (AvgIpc) is 2.26. The van der Waals surface area contributed by atoms with Crippen molar-refractivity contribution < 1.29 is 13.6 Å². The summed E-state index contributed by atoms with van der Waals surface area (Å²) in [5, 5.41) is 8.58. The first-order valence-electron chi connectivity index (χ1n) is 5.20. The van der Waals surface area contributed by atoms with E-state index in [9.17, 15) is 13.6 Å². The van der Waals surface area contributed by atoms with Crippen LogP contribution in [0.3, 0.4) is 0 Å². The number of nitriles is 1. The number of carbonyl (C=O) groups excluding carboxylic acids is 1. The fourth-order valence-corrected chi connectivity index (χ4v) is 1.47. The molecule has 1 amide bonds. The third kappa shape index (κ3) is 3.52. The average molecular weight is 238 g/mol. The van der Waals surface area contributed by atoms with Gasteiger partial charge in [0.1, 0.15) is 18.2 Å². The van der Waals surface area contributed by atoms with Gasteiger partial charge in [0.25, 0.3) is 5.91 Å². The highest BCUT2D eigenvalue weighted by Gasteiger charge is 2.16. The highest BCUT2D eigenvalue weighted by atomic mass is 19.1. The summed E-state index contributed by atoms with van der Waals surface area (Å²) in [5.41, 5.74) is -0.0776. The Balaban J connectivity index is 2.96. The molecule has 0 aliphatic carbocycles. The van der Waals surface area contributed by atoms with E-state index in [1.165, 1.54) is 4.90 Å². The van der Waals surface area contributed by atoms with Gasteiger partial charge in [-0.25, -0.2) is 8.78 Å². The molecule has 0 radical (unpaired) electrons. The number of hydrogen-bond donors (Lipinski definition) is 0. The Labute approximate surface area is 98.3 Å². The quantitative estimate of drug-likeness (QED) is 0.756. The molecule has 0 unspecified atom stereocenters. The Morgan fingerprint density at radius 1 is 1.35 bits per heavy atom. The first-order valence-corrected chi connectivity index (χ1v) is 5.20. The van der Waals surface area contributed by atoms with E-state index >= 15 is 0 Å². The van der Waals surface area contributed by atoms with Gasteiger partial charge in [-0.2, -0.15) is 5.26 Å². The van der Waals surface area contributed by atoms with Gasteiger partial charge < -0.3 is 4.90 Å². The van der Waals surface area contributed by atoms with Crippen molar-refractivity contribution in [1.82, 2.24) is 4.90 Å². The molecule has 1 aromatic rings. The summed E-state index contributed by atoms with van der Waals surface area (Å²) in [6.07, 6.45) is 0.672. The molecule has 1 aromatic carbocycles. The molecule has 0 saturated carbocycles. The SMILES string of the molecule is CCCN(CC#N)C(=O)c1cc(F)cc(F)c1. The van der Waals surface area contributed by atoms with Gasteiger partial charge in [-0.05, 0) is 18.6 Å². The highest BCUT2D eigenvalue weighted by Crippen LogP contribution is 2.11. The maximum absolute atomic E-state index is 12.9. The van der Waals surface area contributed by atoms with Crippen molar-refractivity contribution in [2.45, 2.75) is 13.3 Å². The van der Waals surface area contributed by atoms with E-state index in [1.807, 2.05) is 13.0 Å². The summed E-state index contributed by atoms with van der Waals surface area (Å²) in [5.74, 6) is -2.14. The second-order valence-electron chi connectivity index (χ2n) is 3.54. The molecule has 17 heavy (non-hydrogen) atoms. The van der Waals surface area contributed by atoms with Gasteiger partial charge in [-0.15, -0.1) is 0 Å². The molecule has 0 saturated heterocycles. The molecule has 0 aliphatic rings. The summed E-state index contributed by atoms with van der Waals surface area (Å²) < 4.78 is 25.9.